The molecule has 7 nitrogen and oxygen atoms in total. The van der Waals surface area contributed by atoms with E-state index in [1.807, 2.05) is 32.3 Å². The number of ether oxygens (including phenoxy) is 2. The SMILES string of the molecule is CN(C)CCCNC(=O)c1ccnc(Nc2ccc3c(c2)OCO3)c1. The van der Waals surface area contributed by atoms with Gasteiger partial charge in [0.05, 0.1) is 0 Å². The fraction of sp³-hybridized carbons (Fsp3) is 0.333. The third-order valence-corrected chi connectivity index (χ3v) is 3.73. The number of aromatic nitrogens is 1. The predicted molar refractivity (Wildman–Crippen MR) is 95.6 cm³/mol. The van der Waals surface area contributed by atoms with E-state index in [0.29, 0.717) is 23.7 Å². The minimum atomic E-state index is -0.102. The van der Waals surface area contributed by atoms with Crippen molar-refractivity contribution in [3.63, 3.8) is 0 Å². The molecule has 0 bridgehead atoms. The van der Waals surface area contributed by atoms with Gasteiger partial charge in [-0.25, -0.2) is 4.98 Å². The Balaban J connectivity index is 1.60. The summed E-state index contributed by atoms with van der Waals surface area (Å²) in [7, 11) is 4.03. The lowest BCUT2D eigenvalue weighted by Crippen LogP contribution is -2.27. The average molecular weight is 342 g/mol. The summed E-state index contributed by atoms with van der Waals surface area (Å²) in [5.74, 6) is 1.92. The van der Waals surface area contributed by atoms with Gasteiger partial charge in [-0.2, -0.15) is 0 Å². The number of carbonyl (C=O) groups excluding carboxylic acids is 1. The molecule has 2 heterocycles. The van der Waals surface area contributed by atoms with Crippen molar-refractivity contribution >= 4 is 17.4 Å². The van der Waals surface area contributed by atoms with E-state index >= 15 is 0 Å². The molecule has 2 N–H and O–H groups in total. The minimum absolute atomic E-state index is 0.102. The Hall–Kier alpha value is -2.80. The summed E-state index contributed by atoms with van der Waals surface area (Å²) in [6.45, 7) is 1.82. The van der Waals surface area contributed by atoms with Crippen LogP contribution in [-0.4, -0.2) is 49.8 Å². The van der Waals surface area contributed by atoms with E-state index in [4.69, 9.17) is 9.47 Å². The summed E-state index contributed by atoms with van der Waals surface area (Å²) >= 11 is 0. The number of nitrogens with one attached hydrogen (secondary N) is 2. The fourth-order valence-electron chi connectivity index (χ4n) is 2.46. The lowest BCUT2D eigenvalue weighted by molar-refractivity contribution is 0.0952. The molecular weight excluding hydrogens is 320 g/mol. The van der Waals surface area contributed by atoms with Gasteiger partial charge in [0.2, 0.25) is 6.79 Å². The van der Waals surface area contributed by atoms with Gasteiger partial charge in [0.1, 0.15) is 5.82 Å². The van der Waals surface area contributed by atoms with Gasteiger partial charge in [-0.15, -0.1) is 0 Å². The third-order valence-electron chi connectivity index (χ3n) is 3.73. The van der Waals surface area contributed by atoms with Crippen LogP contribution in [0.15, 0.2) is 36.5 Å². The van der Waals surface area contributed by atoms with Gasteiger partial charge in [-0.1, -0.05) is 0 Å². The number of pyridine rings is 1. The Labute approximate surface area is 147 Å². The van der Waals surface area contributed by atoms with Crippen LogP contribution < -0.4 is 20.1 Å². The normalized spacial score (nSPS) is 12.3. The first-order valence-electron chi connectivity index (χ1n) is 8.17. The minimum Gasteiger partial charge on any atom is -0.454 e. The lowest BCUT2D eigenvalue weighted by Gasteiger charge is -2.11. The van der Waals surface area contributed by atoms with E-state index in [0.717, 1.165) is 24.4 Å². The van der Waals surface area contributed by atoms with Gasteiger partial charge in [0, 0.05) is 30.1 Å². The molecule has 1 aromatic heterocycles. The van der Waals surface area contributed by atoms with Gasteiger partial charge in [-0.05, 0) is 51.3 Å². The van der Waals surface area contributed by atoms with Crippen molar-refractivity contribution in [2.45, 2.75) is 6.42 Å². The van der Waals surface area contributed by atoms with Gasteiger partial charge >= 0.3 is 0 Å². The molecule has 2 aromatic rings. The average Bonchev–Trinajstić information content (AvgIpc) is 3.06. The van der Waals surface area contributed by atoms with Crippen LogP contribution in [0, 0.1) is 0 Å². The molecule has 0 spiro atoms. The number of rotatable bonds is 7. The fourth-order valence-corrected chi connectivity index (χ4v) is 2.46. The van der Waals surface area contributed by atoms with E-state index in [2.05, 4.69) is 20.5 Å². The molecule has 132 valence electrons. The van der Waals surface area contributed by atoms with Crippen molar-refractivity contribution in [2.75, 3.05) is 39.3 Å². The Morgan fingerprint density at radius 2 is 2.04 bits per heavy atom. The molecule has 0 radical (unpaired) electrons. The Bertz CT molecular complexity index is 749. The molecule has 0 saturated heterocycles. The number of nitrogens with zero attached hydrogens (tertiary/aromatic N) is 2. The summed E-state index contributed by atoms with van der Waals surface area (Å²) in [4.78, 5) is 18.6. The summed E-state index contributed by atoms with van der Waals surface area (Å²) < 4.78 is 10.7. The molecule has 3 rings (SSSR count). The summed E-state index contributed by atoms with van der Waals surface area (Å²) in [5, 5.41) is 6.10. The highest BCUT2D eigenvalue weighted by molar-refractivity contribution is 5.94. The highest BCUT2D eigenvalue weighted by atomic mass is 16.7. The van der Waals surface area contributed by atoms with Crippen molar-refractivity contribution in [1.29, 1.82) is 0 Å². The highest BCUT2D eigenvalue weighted by Gasteiger charge is 2.13. The maximum absolute atomic E-state index is 12.2. The topological polar surface area (TPSA) is 75.7 Å². The number of fused-ring (bicyclic) bond motifs is 1. The van der Waals surface area contributed by atoms with Gasteiger partial charge in [-0.3, -0.25) is 4.79 Å². The van der Waals surface area contributed by atoms with Crippen molar-refractivity contribution in [3.05, 3.63) is 42.1 Å². The highest BCUT2D eigenvalue weighted by Crippen LogP contribution is 2.34. The number of anilines is 2. The Kier molecular flexibility index (Phi) is 5.35. The molecule has 0 fully saturated rings. The van der Waals surface area contributed by atoms with Crippen molar-refractivity contribution < 1.29 is 14.3 Å². The first kappa shape index (κ1) is 17.0. The number of hydrogen-bond donors (Lipinski definition) is 2. The van der Waals surface area contributed by atoms with E-state index < -0.39 is 0 Å². The van der Waals surface area contributed by atoms with Gasteiger partial charge in [0.15, 0.2) is 11.5 Å². The second-order valence-electron chi connectivity index (χ2n) is 6.04. The first-order valence-corrected chi connectivity index (χ1v) is 8.17. The van der Waals surface area contributed by atoms with Crippen LogP contribution in [0.5, 0.6) is 11.5 Å². The molecule has 0 atom stereocenters. The zero-order valence-electron chi connectivity index (χ0n) is 14.4. The third kappa shape index (κ3) is 4.60. The number of hydrogen-bond acceptors (Lipinski definition) is 6. The van der Waals surface area contributed by atoms with Crippen LogP contribution in [0.1, 0.15) is 16.8 Å². The predicted octanol–water partition coefficient (Wildman–Crippen LogP) is 2.24. The lowest BCUT2D eigenvalue weighted by atomic mass is 10.2. The molecule has 1 aliphatic heterocycles. The van der Waals surface area contributed by atoms with E-state index in [-0.39, 0.29) is 12.7 Å². The Morgan fingerprint density at radius 3 is 2.88 bits per heavy atom. The zero-order chi connectivity index (χ0) is 17.6. The van der Waals surface area contributed by atoms with Crippen LogP contribution in [0.4, 0.5) is 11.5 Å². The molecule has 0 saturated carbocycles. The first-order chi connectivity index (χ1) is 12.1. The second kappa shape index (κ2) is 7.85. The van der Waals surface area contributed by atoms with Gasteiger partial charge < -0.3 is 25.0 Å². The summed E-state index contributed by atoms with van der Waals surface area (Å²) in [6.07, 6.45) is 2.52. The monoisotopic (exact) mass is 342 g/mol. The molecule has 1 amide bonds. The van der Waals surface area contributed by atoms with Crippen LogP contribution in [0.3, 0.4) is 0 Å². The molecule has 0 unspecified atom stereocenters. The van der Waals surface area contributed by atoms with E-state index in [9.17, 15) is 4.79 Å². The molecular formula is C18H22N4O3. The number of benzene rings is 1. The Morgan fingerprint density at radius 1 is 1.20 bits per heavy atom. The van der Waals surface area contributed by atoms with Crippen molar-refractivity contribution in [3.8, 4) is 11.5 Å². The smallest absolute Gasteiger partial charge is 0.251 e. The number of carbonyl (C=O) groups is 1. The van der Waals surface area contributed by atoms with Gasteiger partial charge in [0.25, 0.3) is 5.91 Å². The maximum Gasteiger partial charge on any atom is 0.251 e. The van der Waals surface area contributed by atoms with Crippen LogP contribution in [0.2, 0.25) is 0 Å². The molecule has 1 aliphatic rings. The summed E-state index contributed by atoms with van der Waals surface area (Å²) in [5.41, 5.74) is 1.39. The van der Waals surface area contributed by atoms with Crippen LogP contribution in [-0.2, 0) is 0 Å². The largest absolute Gasteiger partial charge is 0.454 e. The maximum atomic E-state index is 12.2. The zero-order valence-corrected chi connectivity index (χ0v) is 14.4. The molecule has 7 heteroatoms. The molecule has 25 heavy (non-hydrogen) atoms. The van der Waals surface area contributed by atoms with Crippen molar-refractivity contribution in [1.82, 2.24) is 15.2 Å². The standard InChI is InChI=1S/C18H22N4O3/c1-22(2)9-3-7-20-18(23)13-6-8-19-17(10-13)21-14-4-5-15-16(11-14)25-12-24-15/h4-6,8,10-11H,3,7,9,12H2,1-2H3,(H,19,21)(H,20,23). The summed E-state index contributed by atoms with van der Waals surface area (Å²) in [6, 6.07) is 8.99. The van der Waals surface area contributed by atoms with E-state index in [1.54, 1.807) is 18.3 Å². The van der Waals surface area contributed by atoms with Crippen LogP contribution >= 0.6 is 0 Å². The van der Waals surface area contributed by atoms with Crippen LogP contribution in [0.25, 0.3) is 0 Å². The number of amides is 1. The quantitative estimate of drug-likeness (QED) is 0.752. The van der Waals surface area contributed by atoms with Crippen molar-refractivity contribution in [2.24, 2.45) is 0 Å². The molecule has 0 aliphatic carbocycles. The molecule has 1 aromatic carbocycles. The van der Waals surface area contributed by atoms with E-state index in [1.165, 1.54) is 0 Å². The second-order valence-corrected chi connectivity index (χ2v) is 6.04.